The smallest absolute Gasteiger partial charge is 0.0605 e. The van der Waals surface area contributed by atoms with Crippen molar-refractivity contribution < 1.29 is 9.84 Å². The molecule has 2 nitrogen and oxygen atoms in total. The van der Waals surface area contributed by atoms with Crippen molar-refractivity contribution in [2.75, 3.05) is 0 Å². The topological polar surface area (TPSA) is 29.5 Å². The average molecular weight is 296 g/mol. The number of aliphatic hydroxyl groups is 1. The zero-order valence-electron chi connectivity index (χ0n) is 14.4. The molecule has 1 N–H and O–H groups in total. The molecule has 0 aromatic carbocycles. The van der Waals surface area contributed by atoms with E-state index in [2.05, 4.69) is 20.8 Å². The third-order valence-corrected chi connectivity index (χ3v) is 5.69. The van der Waals surface area contributed by atoms with Crippen molar-refractivity contribution in [3.63, 3.8) is 0 Å². The van der Waals surface area contributed by atoms with Crippen LogP contribution in [-0.4, -0.2) is 23.4 Å². The van der Waals surface area contributed by atoms with E-state index in [4.69, 9.17) is 4.74 Å². The molecular formula is C19H36O2. The van der Waals surface area contributed by atoms with Crippen LogP contribution in [0.15, 0.2) is 0 Å². The van der Waals surface area contributed by atoms with Crippen molar-refractivity contribution in [2.24, 2.45) is 17.8 Å². The summed E-state index contributed by atoms with van der Waals surface area (Å²) in [5.74, 6) is 2.38. The van der Waals surface area contributed by atoms with Crippen molar-refractivity contribution in [3.05, 3.63) is 0 Å². The van der Waals surface area contributed by atoms with Crippen LogP contribution < -0.4 is 0 Å². The second-order valence-corrected chi connectivity index (χ2v) is 8.07. The molecule has 1 saturated heterocycles. The van der Waals surface area contributed by atoms with E-state index in [1.54, 1.807) is 0 Å². The van der Waals surface area contributed by atoms with E-state index in [0.717, 1.165) is 30.6 Å². The second kappa shape index (κ2) is 8.53. The standard InChI is InChI=1S/C19H36O2/c1-14(2)4-5-15(3)19-13-12-18(21-19)11-8-16-6-9-17(20)10-7-16/h14-20H,4-13H2,1-3H3. The lowest BCUT2D eigenvalue weighted by Gasteiger charge is -2.26. The Morgan fingerprint density at radius 3 is 2.29 bits per heavy atom. The van der Waals surface area contributed by atoms with Gasteiger partial charge in [-0.3, -0.25) is 0 Å². The molecule has 2 heteroatoms. The largest absolute Gasteiger partial charge is 0.393 e. The van der Waals surface area contributed by atoms with Crippen molar-refractivity contribution >= 4 is 0 Å². The van der Waals surface area contributed by atoms with Gasteiger partial charge in [0.1, 0.15) is 0 Å². The summed E-state index contributed by atoms with van der Waals surface area (Å²) in [5.41, 5.74) is 0. The highest BCUT2D eigenvalue weighted by Crippen LogP contribution is 2.33. The molecule has 3 unspecified atom stereocenters. The van der Waals surface area contributed by atoms with Gasteiger partial charge < -0.3 is 9.84 Å². The van der Waals surface area contributed by atoms with E-state index in [9.17, 15) is 5.11 Å². The van der Waals surface area contributed by atoms with Crippen LogP contribution in [0.2, 0.25) is 0 Å². The maximum Gasteiger partial charge on any atom is 0.0605 e. The van der Waals surface area contributed by atoms with Crippen LogP contribution in [0.25, 0.3) is 0 Å². The zero-order chi connectivity index (χ0) is 15.2. The summed E-state index contributed by atoms with van der Waals surface area (Å²) in [5, 5.41) is 9.57. The lowest BCUT2D eigenvalue weighted by atomic mass is 9.84. The Morgan fingerprint density at radius 2 is 1.62 bits per heavy atom. The van der Waals surface area contributed by atoms with Gasteiger partial charge in [-0.05, 0) is 75.5 Å². The third kappa shape index (κ3) is 5.90. The maximum atomic E-state index is 9.57. The van der Waals surface area contributed by atoms with Gasteiger partial charge in [0.2, 0.25) is 0 Å². The molecule has 1 saturated carbocycles. The fourth-order valence-corrected chi connectivity index (χ4v) is 4.00. The summed E-state index contributed by atoms with van der Waals surface area (Å²) in [4.78, 5) is 0. The predicted octanol–water partition coefficient (Wildman–Crippen LogP) is 4.94. The molecular weight excluding hydrogens is 260 g/mol. The molecule has 0 bridgehead atoms. The molecule has 124 valence electrons. The van der Waals surface area contributed by atoms with Crippen molar-refractivity contribution in [2.45, 2.75) is 103 Å². The Bertz CT molecular complexity index is 281. The number of hydrogen-bond acceptors (Lipinski definition) is 2. The Balaban J connectivity index is 1.61. The minimum Gasteiger partial charge on any atom is -0.393 e. The highest BCUT2D eigenvalue weighted by Gasteiger charge is 2.30. The molecule has 0 spiro atoms. The first-order chi connectivity index (χ1) is 10.0. The van der Waals surface area contributed by atoms with Gasteiger partial charge >= 0.3 is 0 Å². The molecule has 3 atom stereocenters. The normalized spacial score (nSPS) is 35.3. The van der Waals surface area contributed by atoms with Gasteiger partial charge in [-0.25, -0.2) is 0 Å². The predicted molar refractivity (Wildman–Crippen MR) is 88.3 cm³/mol. The fraction of sp³-hybridized carbons (Fsp3) is 1.00. The summed E-state index contributed by atoms with van der Waals surface area (Å²) < 4.78 is 6.32. The first-order valence-electron chi connectivity index (χ1n) is 9.38. The van der Waals surface area contributed by atoms with Gasteiger partial charge in [-0.1, -0.05) is 27.2 Å². The molecule has 21 heavy (non-hydrogen) atoms. The Morgan fingerprint density at radius 1 is 0.905 bits per heavy atom. The Kier molecular flexibility index (Phi) is 7.01. The van der Waals surface area contributed by atoms with Crippen molar-refractivity contribution in [1.29, 1.82) is 0 Å². The van der Waals surface area contributed by atoms with Gasteiger partial charge in [-0.15, -0.1) is 0 Å². The van der Waals surface area contributed by atoms with Crippen LogP contribution in [0.1, 0.15) is 85.0 Å². The third-order valence-electron chi connectivity index (χ3n) is 5.69. The van der Waals surface area contributed by atoms with Crippen molar-refractivity contribution in [3.8, 4) is 0 Å². The lowest BCUT2D eigenvalue weighted by molar-refractivity contribution is 0.00398. The summed E-state index contributed by atoms with van der Waals surface area (Å²) >= 11 is 0. The first kappa shape index (κ1) is 17.3. The Labute approximate surface area is 131 Å². The first-order valence-corrected chi connectivity index (χ1v) is 9.38. The average Bonchev–Trinajstić information content (AvgIpc) is 2.93. The molecule has 2 fully saturated rings. The minimum absolute atomic E-state index is 0.0184. The van der Waals surface area contributed by atoms with E-state index >= 15 is 0 Å². The van der Waals surface area contributed by atoms with Crippen LogP contribution in [0.5, 0.6) is 0 Å². The molecule has 0 radical (unpaired) electrons. The number of aliphatic hydroxyl groups excluding tert-OH is 1. The molecule has 1 aliphatic carbocycles. The maximum absolute atomic E-state index is 9.57. The molecule has 1 aliphatic heterocycles. The minimum atomic E-state index is -0.0184. The van der Waals surface area contributed by atoms with E-state index in [1.165, 1.54) is 51.4 Å². The molecule has 2 rings (SSSR count). The van der Waals surface area contributed by atoms with E-state index < -0.39 is 0 Å². The molecule has 1 heterocycles. The van der Waals surface area contributed by atoms with Gasteiger partial charge in [0.15, 0.2) is 0 Å². The molecule has 0 aromatic heterocycles. The summed E-state index contributed by atoms with van der Waals surface area (Å²) in [6.45, 7) is 7.00. The van der Waals surface area contributed by atoms with Crippen LogP contribution in [0, 0.1) is 17.8 Å². The number of hydrogen-bond donors (Lipinski definition) is 1. The van der Waals surface area contributed by atoms with Gasteiger partial charge in [0.25, 0.3) is 0 Å². The van der Waals surface area contributed by atoms with Gasteiger partial charge in [0, 0.05) is 0 Å². The van der Waals surface area contributed by atoms with Gasteiger partial charge in [0.05, 0.1) is 18.3 Å². The summed E-state index contributed by atoms with van der Waals surface area (Å²) in [6.07, 6.45) is 13.2. The number of rotatable bonds is 7. The number of ether oxygens (including phenoxy) is 1. The summed E-state index contributed by atoms with van der Waals surface area (Å²) in [6, 6.07) is 0. The monoisotopic (exact) mass is 296 g/mol. The van der Waals surface area contributed by atoms with E-state index in [-0.39, 0.29) is 6.10 Å². The fourth-order valence-electron chi connectivity index (χ4n) is 4.00. The van der Waals surface area contributed by atoms with Gasteiger partial charge in [-0.2, -0.15) is 0 Å². The molecule has 2 aliphatic rings. The highest BCUT2D eigenvalue weighted by molar-refractivity contribution is 4.79. The SMILES string of the molecule is CC(C)CCC(C)C1CCC(CCC2CCC(O)CC2)O1. The highest BCUT2D eigenvalue weighted by atomic mass is 16.5. The second-order valence-electron chi connectivity index (χ2n) is 8.07. The summed E-state index contributed by atoms with van der Waals surface area (Å²) in [7, 11) is 0. The van der Waals surface area contributed by atoms with Crippen LogP contribution >= 0.6 is 0 Å². The van der Waals surface area contributed by atoms with Crippen LogP contribution in [0.4, 0.5) is 0 Å². The Hall–Kier alpha value is -0.0800. The van der Waals surface area contributed by atoms with Crippen LogP contribution in [0.3, 0.4) is 0 Å². The van der Waals surface area contributed by atoms with Crippen molar-refractivity contribution in [1.82, 2.24) is 0 Å². The zero-order valence-corrected chi connectivity index (χ0v) is 14.4. The van der Waals surface area contributed by atoms with E-state index in [0.29, 0.717) is 12.2 Å². The van der Waals surface area contributed by atoms with E-state index in [1.807, 2.05) is 0 Å². The molecule has 0 amide bonds. The molecule has 0 aromatic rings. The quantitative estimate of drug-likeness (QED) is 0.721. The van der Waals surface area contributed by atoms with Crippen LogP contribution in [-0.2, 0) is 4.74 Å². The lowest BCUT2D eigenvalue weighted by Crippen LogP contribution is -2.21.